The van der Waals surface area contributed by atoms with Crippen LogP contribution in [0.5, 0.6) is 0 Å². The van der Waals surface area contributed by atoms with Crippen LogP contribution >= 0.6 is 23.2 Å². The minimum absolute atomic E-state index is 0.511. The fraction of sp³-hybridized carbons (Fsp3) is 0. The highest BCUT2D eigenvalue weighted by Gasteiger charge is 2.11. The van der Waals surface area contributed by atoms with Crippen LogP contribution in [0.1, 0.15) is 0 Å². The van der Waals surface area contributed by atoms with Gasteiger partial charge in [-0.15, -0.1) is 0 Å². The normalized spacial score (nSPS) is 10.9. The van der Waals surface area contributed by atoms with Crippen LogP contribution in [0.25, 0.3) is 22.4 Å². The van der Waals surface area contributed by atoms with E-state index in [4.69, 9.17) is 23.2 Å². The fourth-order valence-electron chi connectivity index (χ4n) is 1.71. The highest BCUT2D eigenvalue weighted by atomic mass is 35.5. The molecule has 0 aliphatic carbocycles. The van der Waals surface area contributed by atoms with E-state index in [2.05, 4.69) is 15.0 Å². The second kappa shape index (κ2) is 4.02. The van der Waals surface area contributed by atoms with Crippen LogP contribution in [-0.2, 0) is 0 Å². The van der Waals surface area contributed by atoms with Gasteiger partial charge in [0.2, 0.25) is 0 Å². The molecule has 0 unspecified atom stereocenters. The van der Waals surface area contributed by atoms with Crippen LogP contribution in [-0.4, -0.2) is 9.97 Å². The van der Waals surface area contributed by atoms with E-state index in [0.29, 0.717) is 15.9 Å². The topological polar surface area (TPSA) is 42.8 Å². The van der Waals surface area contributed by atoms with Crippen molar-refractivity contribution < 1.29 is 4.98 Å². The number of nitrogens with one attached hydrogen (secondary N) is 2. The number of nitrogens with zero attached hydrogens (tertiary/aromatic N) is 1. The molecule has 0 radical (unpaired) electrons. The number of aromatic nitrogens is 3. The average molecular weight is 265 g/mol. The summed E-state index contributed by atoms with van der Waals surface area (Å²) in [5, 5.41) is 1.04. The molecule has 2 aromatic heterocycles. The monoisotopic (exact) mass is 264 g/mol. The first-order chi connectivity index (χ1) is 8.25. The van der Waals surface area contributed by atoms with Gasteiger partial charge in [-0.2, -0.15) is 0 Å². The maximum Gasteiger partial charge on any atom is 0.193 e. The highest BCUT2D eigenvalue weighted by Crippen LogP contribution is 2.32. The van der Waals surface area contributed by atoms with Crippen molar-refractivity contribution >= 4 is 34.2 Å². The summed E-state index contributed by atoms with van der Waals surface area (Å²) < 4.78 is 0. The summed E-state index contributed by atoms with van der Waals surface area (Å²) >= 11 is 12.1. The van der Waals surface area contributed by atoms with Crippen molar-refractivity contribution in [3.05, 3.63) is 46.7 Å². The Kier molecular flexibility index (Phi) is 2.50. The van der Waals surface area contributed by atoms with Crippen molar-refractivity contribution in [2.75, 3.05) is 0 Å². The van der Waals surface area contributed by atoms with E-state index in [1.165, 1.54) is 0 Å². The molecule has 1 aromatic carbocycles. The lowest BCUT2D eigenvalue weighted by Crippen LogP contribution is -1.96. The highest BCUT2D eigenvalue weighted by molar-refractivity contribution is 6.43. The number of pyridine rings is 1. The molecule has 0 fully saturated rings. The third kappa shape index (κ3) is 1.77. The summed E-state index contributed by atoms with van der Waals surface area (Å²) in [4.78, 5) is 10.7. The summed E-state index contributed by atoms with van der Waals surface area (Å²) in [5.74, 6) is 0.715. The molecule has 0 saturated carbocycles. The Labute approximate surface area is 107 Å². The van der Waals surface area contributed by atoms with Gasteiger partial charge in [0.1, 0.15) is 16.9 Å². The van der Waals surface area contributed by atoms with Gasteiger partial charge in [-0.05, 0) is 12.1 Å². The smallest absolute Gasteiger partial charge is 0.193 e. The van der Waals surface area contributed by atoms with Crippen LogP contribution in [0.3, 0.4) is 0 Å². The zero-order valence-corrected chi connectivity index (χ0v) is 10.2. The molecule has 3 rings (SSSR count). The fourth-order valence-corrected chi connectivity index (χ4v) is 2.10. The van der Waals surface area contributed by atoms with Gasteiger partial charge in [-0.1, -0.05) is 29.3 Å². The Balaban J connectivity index is 2.24. The van der Waals surface area contributed by atoms with Gasteiger partial charge < -0.3 is 4.98 Å². The lowest BCUT2D eigenvalue weighted by molar-refractivity contribution is -0.376. The zero-order valence-electron chi connectivity index (χ0n) is 8.67. The van der Waals surface area contributed by atoms with Gasteiger partial charge >= 0.3 is 0 Å². The Bertz CT molecular complexity index is 658. The van der Waals surface area contributed by atoms with Gasteiger partial charge in [0.15, 0.2) is 12.4 Å². The Morgan fingerprint density at radius 1 is 1.18 bits per heavy atom. The van der Waals surface area contributed by atoms with Crippen LogP contribution in [0.4, 0.5) is 0 Å². The second-order valence-electron chi connectivity index (χ2n) is 3.63. The van der Waals surface area contributed by atoms with Crippen LogP contribution in [0, 0.1) is 0 Å². The molecule has 3 nitrogen and oxygen atoms in total. The molecule has 0 amide bonds. The molecule has 84 valence electrons. The maximum absolute atomic E-state index is 6.16. The summed E-state index contributed by atoms with van der Waals surface area (Å²) in [6.45, 7) is 0. The van der Waals surface area contributed by atoms with Gasteiger partial charge in [0.05, 0.1) is 10.0 Å². The predicted octanol–water partition coefficient (Wildman–Crippen LogP) is 3.35. The maximum atomic E-state index is 6.16. The lowest BCUT2D eigenvalue weighted by Gasteiger charge is -2.01. The van der Waals surface area contributed by atoms with Crippen molar-refractivity contribution in [1.82, 2.24) is 9.97 Å². The molecule has 2 N–H and O–H groups in total. The third-order valence-corrected chi connectivity index (χ3v) is 3.35. The Morgan fingerprint density at radius 2 is 2.06 bits per heavy atom. The van der Waals surface area contributed by atoms with E-state index in [1.54, 1.807) is 6.07 Å². The van der Waals surface area contributed by atoms with Crippen molar-refractivity contribution in [3.8, 4) is 11.4 Å². The Morgan fingerprint density at radius 3 is 2.88 bits per heavy atom. The van der Waals surface area contributed by atoms with Crippen LogP contribution in [0.2, 0.25) is 10.0 Å². The van der Waals surface area contributed by atoms with E-state index in [0.717, 1.165) is 16.6 Å². The SMILES string of the molecule is Clc1cccc(-c2nc3cc[nH+]cc3[nH]2)c1Cl. The second-order valence-corrected chi connectivity index (χ2v) is 4.42. The number of fused-ring (bicyclic) bond motifs is 1. The van der Waals surface area contributed by atoms with Gasteiger partial charge in [0.25, 0.3) is 0 Å². The third-order valence-electron chi connectivity index (χ3n) is 2.53. The summed E-state index contributed by atoms with van der Waals surface area (Å²) in [5.41, 5.74) is 2.61. The molecular formula is C12H8Cl2N3+. The van der Waals surface area contributed by atoms with Crippen molar-refractivity contribution in [3.63, 3.8) is 0 Å². The zero-order chi connectivity index (χ0) is 11.8. The molecular weight excluding hydrogens is 257 g/mol. The summed E-state index contributed by atoms with van der Waals surface area (Å²) in [6.07, 6.45) is 3.68. The molecule has 5 heteroatoms. The van der Waals surface area contributed by atoms with E-state index >= 15 is 0 Å². The number of rotatable bonds is 1. The first-order valence-electron chi connectivity index (χ1n) is 5.06. The van der Waals surface area contributed by atoms with Crippen LogP contribution in [0.15, 0.2) is 36.7 Å². The summed E-state index contributed by atoms with van der Waals surface area (Å²) in [7, 11) is 0. The number of hydrogen-bond donors (Lipinski definition) is 1. The number of benzene rings is 1. The van der Waals surface area contributed by atoms with E-state index in [9.17, 15) is 0 Å². The van der Waals surface area contributed by atoms with Crippen molar-refractivity contribution in [1.29, 1.82) is 0 Å². The van der Waals surface area contributed by atoms with Gasteiger partial charge in [0, 0.05) is 11.6 Å². The van der Waals surface area contributed by atoms with Gasteiger partial charge in [-0.25, -0.2) is 9.97 Å². The number of H-pyrrole nitrogens is 2. The number of hydrogen-bond acceptors (Lipinski definition) is 1. The van der Waals surface area contributed by atoms with Crippen molar-refractivity contribution in [2.24, 2.45) is 0 Å². The molecule has 0 bridgehead atoms. The van der Waals surface area contributed by atoms with Crippen LogP contribution < -0.4 is 4.98 Å². The lowest BCUT2D eigenvalue weighted by atomic mass is 10.2. The first kappa shape index (κ1) is 10.6. The van der Waals surface area contributed by atoms with Gasteiger partial charge in [-0.3, -0.25) is 0 Å². The number of imidazole rings is 1. The molecule has 0 spiro atoms. The molecule has 0 aliphatic heterocycles. The number of halogens is 2. The molecule has 0 aliphatic rings. The number of aromatic amines is 2. The molecule has 3 aromatic rings. The molecule has 2 heterocycles. The molecule has 17 heavy (non-hydrogen) atoms. The van der Waals surface area contributed by atoms with E-state index in [1.807, 2.05) is 30.6 Å². The minimum atomic E-state index is 0.511. The van der Waals surface area contributed by atoms with Crippen molar-refractivity contribution in [2.45, 2.75) is 0 Å². The Hall–Kier alpha value is -1.58. The standard InChI is InChI=1S/C12H7Cl2N3/c13-8-3-1-2-7(11(8)14)12-16-9-4-5-15-6-10(9)17-12/h1-6H,(H,16,17)/p+1. The average Bonchev–Trinajstić information content (AvgIpc) is 2.76. The predicted molar refractivity (Wildman–Crippen MR) is 68.1 cm³/mol. The largest absolute Gasteiger partial charge is 0.333 e. The minimum Gasteiger partial charge on any atom is -0.333 e. The van der Waals surface area contributed by atoms with E-state index < -0.39 is 0 Å². The van der Waals surface area contributed by atoms with E-state index in [-0.39, 0.29) is 0 Å². The summed E-state index contributed by atoms with van der Waals surface area (Å²) in [6, 6.07) is 7.39. The first-order valence-corrected chi connectivity index (χ1v) is 5.81. The molecule has 0 saturated heterocycles. The quantitative estimate of drug-likeness (QED) is 0.720. The molecule has 0 atom stereocenters.